The van der Waals surface area contributed by atoms with Gasteiger partial charge in [0.05, 0.1) is 0 Å². The van der Waals surface area contributed by atoms with E-state index < -0.39 is 0 Å². The van der Waals surface area contributed by atoms with Crippen LogP contribution in [0.1, 0.15) is 64.0 Å². The van der Waals surface area contributed by atoms with Crippen LogP contribution >= 0.6 is 0 Å². The lowest BCUT2D eigenvalue weighted by Crippen LogP contribution is -2.49. The molecule has 3 rings (SSSR count). The molecule has 0 radical (unpaired) electrons. The van der Waals surface area contributed by atoms with Gasteiger partial charge in [0, 0.05) is 36.8 Å². The lowest BCUT2D eigenvalue weighted by Gasteiger charge is -2.39. The van der Waals surface area contributed by atoms with Gasteiger partial charge in [-0.1, -0.05) is 26.0 Å². The molecule has 1 amide bonds. The number of likely N-dealkylation sites (tertiary alicyclic amines) is 1. The Kier molecular flexibility index (Phi) is 4.67. The number of allylic oxidation sites excluding steroid dienone is 2. The standard InChI is InChI=1S/C21H31N3O/c1-15(25)24-12-10-21(23,11-13-24)17-4-5-19(22)18(14-17)16-6-8-20(2,3)9-7-16/h4-6,14H,7-13,22-23H2,1-3H3. The topological polar surface area (TPSA) is 72.3 Å². The maximum Gasteiger partial charge on any atom is 0.219 e. The van der Waals surface area contributed by atoms with Crippen LogP contribution in [0.5, 0.6) is 0 Å². The summed E-state index contributed by atoms with van der Waals surface area (Å²) in [7, 11) is 0. The van der Waals surface area contributed by atoms with Crippen molar-refractivity contribution in [3.63, 3.8) is 0 Å². The van der Waals surface area contributed by atoms with Crippen molar-refractivity contribution in [2.75, 3.05) is 18.8 Å². The number of anilines is 1. The van der Waals surface area contributed by atoms with Crippen molar-refractivity contribution in [1.82, 2.24) is 4.90 Å². The highest BCUT2D eigenvalue weighted by molar-refractivity contribution is 5.76. The predicted molar refractivity (Wildman–Crippen MR) is 104 cm³/mol. The highest BCUT2D eigenvalue weighted by Gasteiger charge is 2.34. The van der Waals surface area contributed by atoms with E-state index in [0.29, 0.717) is 5.41 Å². The summed E-state index contributed by atoms with van der Waals surface area (Å²) in [6.07, 6.45) is 7.28. The van der Waals surface area contributed by atoms with E-state index in [2.05, 4.69) is 32.1 Å². The second-order valence-electron chi connectivity index (χ2n) is 8.56. The Balaban J connectivity index is 1.85. The van der Waals surface area contributed by atoms with E-state index in [1.807, 2.05) is 11.0 Å². The highest BCUT2D eigenvalue weighted by Crippen LogP contribution is 2.41. The summed E-state index contributed by atoms with van der Waals surface area (Å²) >= 11 is 0. The van der Waals surface area contributed by atoms with Crippen LogP contribution in [0.3, 0.4) is 0 Å². The number of amides is 1. The number of nitrogens with two attached hydrogens (primary N) is 2. The fourth-order valence-corrected chi connectivity index (χ4v) is 3.97. The largest absolute Gasteiger partial charge is 0.398 e. The van der Waals surface area contributed by atoms with Gasteiger partial charge in [0.15, 0.2) is 0 Å². The van der Waals surface area contributed by atoms with Gasteiger partial charge in [0.25, 0.3) is 0 Å². The zero-order valence-electron chi connectivity index (χ0n) is 15.8. The van der Waals surface area contributed by atoms with Crippen molar-refractivity contribution in [2.24, 2.45) is 11.1 Å². The van der Waals surface area contributed by atoms with Gasteiger partial charge in [-0.25, -0.2) is 0 Å². The van der Waals surface area contributed by atoms with Gasteiger partial charge in [-0.15, -0.1) is 0 Å². The summed E-state index contributed by atoms with van der Waals surface area (Å²) in [5, 5.41) is 0. The summed E-state index contributed by atoms with van der Waals surface area (Å²) in [5.74, 6) is 0.134. The molecule has 0 unspecified atom stereocenters. The van der Waals surface area contributed by atoms with E-state index >= 15 is 0 Å². The van der Waals surface area contributed by atoms with Gasteiger partial charge in [0.1, 0.15) is 0 Å². The van der Waals surface area contributed by atoms with Crippen LogP contribution in [-0.2, 0) is 10.3 Å². The van der Waals surface area contributed by atoms with Crippen LogP contribution in [0, 0.1) is 5.41 Å². The Labute approximate surface area is 151 Å². The number of nitrogen functional groups attached to an aromatic ring is 1. The van der Waals surface area contributed by atoms with E-state index in [1.165, 1.54) is 12.0 Å². The van der Waals surface area contributed by atoms with Crippen LogP contribution in [0.4, 0.5) is 5.69 Å². The summed E-state index contributed by atoms with van der Waals surface area (Å²) in [4.78, 5) is 13.4. The first kappa shape index (κ1) is 18.0. The van der Waals surface area contributed by atoms with Crippen LogP contribution in [0.2, 0.25) is 0 Å². The third kappa shape index (κ3) is 3.74. The Hall–Kier alpha value is -1.81. The van der Waals surface area contributed by atoms with Crippen molar-refractivity contribution < 1.29 is 4.79 Å². The quantitative estimate of drug-likeness (QED) is 0.806. The minimum absolute atomic E-state index is 0.134. The summed E-state index contributed by atoms with van der Waals surface area (Å²) in [6, 6.07) is 6.26. The molecular weight excluding hydrogens is 310 g/mol. The molecule has 1 aliphatic heterocycles. The first-order chi connectivity index (χ1) is 11.7. The molecule has 1 heterocycles. The van der Waals surface area contributed by atoms with Crippen molar-refractivity contribution in [3.05, 3.63) is 35.4 Å². The number of carbonyl (C=O) groups is 1. The maximum absolute atomic E-state index is 11.6. The molecule has 0 atom stereocenters. The summed E-state index contributed by atoms with van der Waals surface area (Å²) in [6.45, 7) is 7.71. The SMILES string of the molecule is CC(=O)N1CCC(N)(c2ccc(N)c(C3=CCC(C)(C)CC3)c2)CC1. The number of benzene rings is 1. The van der Waals surface area contributed by atoms with Crippen molar-refractivity contribution in [1.29, 1.82) is 0 Å². The van der Waals surface area contributed by atoms with E-state index in [0.717, 1.165) is 55.6 Å². The van der Waals surface area contributed by atoms with Gasteiger partial charge in [-0.2, -0.15) is 0 Å². The van der Waals surface area contributed by atoms with Gasteiger partial charge < -0.3 is 16.4 Å². The average molecular weight is 341 g/mol. The number of carbonyl (C=O) groups excluding carboxylic acids is 1. The normalized spacial score (nSPS) is 22.4. The zero-order chi connectivity index (χ0) is 18.2. The Morgan fingerprint density at radius 1 is 1.16 bits per heavy atom. The van der Waals surface area contributed by atoms with Gasteiger partial charge in [-0.3, -0.25) is 4.79 Å². The van der Waals surface area contributed by atoms with Crippen LogP contribution in [0.25, 0.3) is 5.57 Å². The van der Waals surface area contributed by atoms with Crippen molar-refractivity contribution >= 4 is 17.2 Å². The van der Waals surface area contributed by atoms with E-state index in [9.17, 15) is 4.79 Å². The third-order valence-electron chi connectivity index (χ3n) is 6.05. The predicted octanol–water partition coefficient (Wildman–Crippen LogP) is 3.66. The number of hydrogen-bond acceptors (Lipinski definition) is 3. The minimum atomic E-state index is -0.372. The molecule has 1 aliphatic carbocycles. The summed E-state index contributed by atoms with van der Waals surface area (Å²) in [5.41, 5.74) is 17.5. The second-order valence-corrected chi connectivity index (χ2v) is 8.56. The van der Waals surface area contributed by atoms with E-state index in [1.54, 1.807) is 6.92 Å². The monoisotopic (exact) mass is 341 g/mol. The molecule has 0 bridgehead atoms. The van der Waals surface area contributed by atoms with Gasteiger partial charge >= 0.3 is 0 Å². The van der Waals surface area contributed by atoms with Crippen LogP contribution in [0.15, 0.2) is 24.3 Å². The Morgan fingerprint density at radius 3 is 2.40 bits per heavy atom. The second kappa shape index (κ2) is 6.49. The number of nitrogens with zero attached hydrogens (tertiary/aromatic N) is 1. The Bertz CT molecular complexity index is 697. The molecule has 2 aliphatic rings. The molecule has 0 spiro atoms. The van der Waals surface area contributed by atoms with Crippen LogP contribution < -0.4 is 11.5 Å². The molecule has 4 heteroatoms. The molecule has 4 N–H and O–H groups in total. The molecule has 1 fully saturated rings. The molecule has 25 heavy (non-hydrogen) atoms. The fraction of sp³-hybridized carbons (Fsp3) is 0.571. The molecule has 0 aromatic heterocycles. The first-order valence-electron chi connectivity index (χ1n) is 9.34. The molecule has 1 aromatic rings. The third-order valence-corrected chi connectivity index (χ3v) is 6.05. The van der Waals surface area contributed by atoms with Crippen LogP contribution in [-0.4, -0.2) is 23.9 Å². The molecule has 1 aromatic carbocycles. The lowest BCUT2D eigenvalue weighted by molar-refractivity contribution is -0.130. The van der Waals surface area contributed by atoms with Crippen molar-refractivity contribution in [2.45, 2.75) is 58.4 Å². The number of piperidine rings is 1. The fourth-order valence-electron chi connectivity index (χ4n) is 3.97. The minimum Gasteiger partial charge on any atom is -0.398 e. The summed E-state index contributed by atoms with van der Waals surface area (Å²) < 4.78 is 0. The van der Waals surface area contributed by atoms with Gasteiger partial charge in [-0.05, 0) is 60.8 Å². The molecule has 0 saturated carbocycles. The van der Waals surface area contributed by atoms with E-state index in [4.69, 9.17) is 11.5 Å². The van der Waals surface area contributed by atoms with E-state index in [-0.39, 0.29) is 11.4 Å². The number of rotatable bonds is 2. The molecule has 4 nitrogen and oxygen atoms in total. The zero-order valence-corrected chi connectivity index (χ0v) is 15.8. The first-order valence-corrected chi connectivity index (χ1v) is 9.34. The molecule has 1 saturated heterocycles. The maximum atomic E-state index is 11.6. The average Bonchev–Trinajstić information content (AvgIpc) is 2.56. The molecule has 136 valence electrons. The lowest BCUT2D eigenvalue weighted by atomic mass is 9.75. The smallest absolute Gasteiger partial charge is 0.219 e. The van der Waals surface area contributed by atoms with Crippen molar-refractivity contribution in [3.8, 4) is 0 Å². The molecular formula is C21H31N3O. The van der Waals surface area contributed by atoms with Gasteiger partial charge in [0.2, 0.25) is 5.91 Å². The number of hydrogen-bond donors (Lipinski definition) is 2. The Morgan fingerprint density at radius 2 is 1.84 bits per heavy atom. The highest BCUT2D eigenvalue weighted by atomic mass is 16.2.